The zero-order valence-corrected chi connectivity index (χ0v) is 11.0. The number of nitrogens with one attached hydrogen (secondary N) is 1. The topological polar surface area (TPSA) is 54.2 Å². The fourth-order valence-electron chi connectivity index (χ4n) is 2.30. The van der Waals surface area contributed by atoms with Crippen molar-refractivity contribution in [3.05, 3.63) is 17.3 Å². The molecule has 0 aliphatic carbocycles. The lowest BCUT2D eigenvalue weighted by Crippen LogP contribution is -2.47. The number of anilines is 2. The summed E-state index contributed by atoms with van der Waals surface area (Å²) in [5.74, 6) is 0.651. The van der Waals surface area contributed by atoms with Crippen LogP contribution in [-0.2, 0) is 0 Å². The van der Waals surface area contributed by atoms with E-state index in [0.29, 0.717) is 28.7 Å². The molecule has 94 valence electrons. The molecule has 1 fully saturated rings. The average Bonchev–Trinajstić information content (AvgIpc) is 2.28. The Labute approximate surface area is 107 Å². The molecule has 2 rings (SSSR count). The number of piperidine rings is 1. The first-order chi connectivity index (χ1) is 8.08. The van der Waals surface area contributed by atoms with Gasteiger partial charge in [0.25, 0.3) is 0 Å². The lowest BCUT2D eigenvalue weighted by Gasteiger charge is -2.39. The number of nitrogens with two attached hydrogens (primary N) is 1. The van der Waals surface area contributed by atoms with Gasteiger partial charge in [-0.2, -0.15) is 0 Å². The van der Waals surface area contributed by atoms with Crippen LogP contribution in [0.15, 0.2) is 12.1 Å². The second kappa shape index (κ2) is 5.10. The monoisotopic (exact) mass is 254 g/mol. The smallest absolute Gasteiger partial charge is 0.165 e. The first kappa shape index (κ1) is 12.5. The van der Waals surface area contributed by atoms with Gasteiger partial charge >= 0.3 is 0 Å². The Morgan fingerprint density at radius 3 is 2.65 bits per heavy atom. The quantitative estimate of drug-likeness (QED) is 0.797. The van der Waals surface area contributed by atoms with Crippen molar-refractivity contribution in [1.29, 1.82) is 0 Å². The predicted molar refractivity (Wildman–Crippen MR) is 71.9 cm³/mol. The highest BCUT2D eigenvalue weighted by atomic mass is 35.5. The van der Waals surface area contributed by atoms with E-state index in [0.717, 1.165) is 0 Å². The first-order valence-electron chi connectivity index (χ1n) is 6.05. The van der Waals surface area contributed by atoms with Crippen molar-refractivity contribution >= 4 is 23.1 Å². The number of nitrogen functional groups attached to an aromatic ring is 1. The summed E-state index contributed by atoms with van der Waals surface area (Å²) >= 11 is 5.88. The zero-order chi connectivity index (χ0) is 12.4. The first-order valence-corrected chi connectivity index (χ1v) is 6.42. The maximum atomic E-state index is 5.89. The van der Waals surface area contributed by atoms with Crippen LogP contribution >= 0.6 is 11.6 Å². The third-order valence-corrected chi connectivity index (χ3v) is 3.53. The minimum Gasteiger partial charge on any atom is -0.396 e. The van der Waals surface area contributed by atoms with Crippen LogP contribution in [0.25, 0.3) is 0 Å². The van der Waals surface area contributed by atoms with E-state index in [9.17, 15) is 0 Å². The van der Waals surface area contributed by atoms with E-state index in [2.05, 4.69) is 29.3 Å². The van der Waals surface area contributed by atoms with E-state index in [1.165, 1.54) is 19.3 Å². The average molecular weight is 255 g/mol. The lowest BCUT2D eigenvalue weighted by molar-refractivity contribution is 0.135. The third-order valence-electron chi connectivity index (χ3n) is 3.32. The van der Waals surface area contributed by atoms with Crippen molar-refractivity contribution in [2.75, 3.05) is 11.2 Å². The van der Waals surface area contributed by atoms with Gasteiger partial charge in [-0.1, -0.05) is 18.0 Å². The molecule has 1 aliphatic rings. The molecule has 17 heavy (non-hydrogen) atoms. The molecule has 1 saturated heterocycles. The number of pyridine rings is 1. The van der Waals surface area contributed by atoms with Gasteiger partial charge in [-0.25, -0.2) is 9.99 Å². The maximum Gasteiger partial charge on any atom is 0.165 e. The summed E-state index contributed by atoms with van der Waals surface area (Å²) in [4.78, 5) is 4.22. The molecule has 1 aliphatic heterocycles. The van der Waals surface area contributed by atoms with Crippen molar-refractivity contribution in [2.24, 2.45) is 0 Å². The maximum absolute atomic E-state index is 5.89. The second-order valence-electron chi connectivity index (χ2n) is 4.72. The van der Waals surface area contributed by atoms with Crippen LogP contribution in [-0.4, -0.2) is 22.1 Å². The number of hydrogen-bond donors (Lipinski definition) is 2. The summed E-state index contributed by atoms with van der Waals surface area (Å²) in [7, 11) is 0. The van der Waals surface area contributed by atoms with E-state index >= 15 is 0 Å². The molecule has 5 heteroatoms. The van der Waals surface area contributed by atoms with E-state index in [4.69, 9.17) is 17.3 Å². The number of hydrogen-bond acceptors (Lipinski definition) is 4. The molecular formula is C12H19ClN4. The number of rotatable bonds is 2. The largest absolute Gasteiger partial charge is 0.396 e. The van der Waals surface area contributed by atoms with Crippen molar-refractivity contribution < 1.29 is 0 Å². The van der Waals surface area contributed by atoms with Crippen LogP contribution in [0.5, 0.6) is 0 Å². The predicted octanol–water partition coefficient (Wildman–Crippen LogP) is 2.91. The summed E-state index contributed by atoms with van der Waals surface area (Å²) in [5, 5.41) is 2.68. The van der Waals surface area contributed by atoms with Crippen LogP contribution in [0.2, 0.25) is 5.15 Å². The molecule has 2 heterocycles. The fraction of sp³-hybridized carbons (Fsp3) is 0.583. The van der Waals surface area contributed by atoms with E-state index in [1.807, 2.05) is 0 Å². The minimum absolute atomic E-state index is 0.457. The number of halogens is 1. The van der Waals surface area contributed by atoms with Gasteiger partial charge in [0.05, 0.1) is 5.69 Å². The molecule has 0 radical (unpaired) electrons. The Bertz CT molecular complexity index is 386. The molecular weight excluding hydrogens is 236 g/mol. The summed E-state index contributed by atoms with van der Waals surface area (Å²) in [5.41, 5.74) is 9.81. The van der Waals surface area contributed by atoms with Gasteiger partial charge in [-0.3, -0.25) is 0 Å². The summed E-state index contributed by atoms with van der Waals surface area (Å²) in [6.07, 6.45) is 3.66. The summed E-state index contributed by atoms with van der Waals surface area (Å²) in [6, 6.07) is 4.44. The van der Waals surface area contributed by atoms with Crippen LogP contribution in [0.4, 0.5) is 11.5 Å². The third kappa shape index (κ3) is 2.82. The number of hydrazine groups is 1. The molecule has 2 atom stereocenters. The summed E-state index contributed by atoms with van der Waals surface area (Å²) in [6.45, 7) is 4.42. The second-order valence-corrected chi connectivity index (χ2v) is 5.11. The normalized spacial score (nSPS) is 25.8. The Morgan fingerprint density at radius 1 is 1.35 bits per heavy atom. The van der Waals surface area contributed by atoms with Crippen molar-refractivity contribution in [1.82, 2.24) is 9.99 Å². The van der Waals surface area contributed by atoms with Crippen molar-refractivity contribution in [3.8, 4) is 0 Å². The van der Waals surface area contributed by atoms with Gasteiger partial charge in [0.2, 0.25) is 0 Å². The molecule has 2 unspecified atom stereocenters. The molecule has 0 aromatic carbocycles. The minimum atomic E-state index is 0.457. The fourth-order valence-corrected chi connectivity index (χ4v) is 2.45. The van der Waals surface area contributed by atoms with Gasteiger partial charge in [0.1, 0.15) is 5.15 Å². The zero-order valence-electron chi connectivity index (χ0n) is 10.3. The van der Waals surface area contributed by atoms with Gasteiger partial charge < -0.3 is 11.2 Å². The van der Waals surface area contributed by atoms with E-state index in [1.54, 1.807) is 12.1 Å². The van der Waals surface area contributed by atoms with Gasteiger partial charge in [0.15, 0.2) is 5.82 Å². The highest BCUT2D eigenvalue weighted by molar-refractivity contribution is 6.29. The SMILES string of the molecule is CC1CCCC(C)N1Nc1nc(Cl)ccc1N. The van der Waals surface area contributed by atoms with Crippen LogP contribution in [0, 0.1) is 0 Å². The Hall–Kier alpha value is -1.00. The molecule has 0 saturated carbocycles. The molecule has 0 bridgehead atoms. The molecule has 0 amide bonds. The Morgan fingerprint density at radius 2 is 2.00 bits per heavy atom. The molecule has 4 nitrogen and oxygen atoms in total. The standard InChI is InChI=1S/C12H19ClN4/c1-8-4-3-5-9(2)17(8)16-12-10(14)6-7-11(13)15-12/h6-9H,3-5,14H2,1-2H3,(H,15,16). The summed E-state index contributed by atoms with van der Waals surface area (Å²) < 4.78 is 0. The highest BCUT2D eigenvalue weighted by Gasteiger charge is 2.25. The lowest BCUT2D eigenvalue weighted by atomic mass is 10.00. The molecule has 0 spiro atoms. The Kier molecular flexibility index (Phi) is 3.74. The van der Waals surface area contributed by atoms with E-state index in [-0.39, 0.29) is 0 Å². The van der Waals surface area contributed by atoms with Gasteiger partial charge in [-0.05, 0) is 38.8 Å². The van der Waals surface area contributed by atoms with Gasteiger partial charge in [-0.15, -0.1) is 0 Å². The number of aromatic nitrogens is 1. The van der Waals surface area contributed by atoms with E-state index < -0.39 is 0 Å². The van der Waals surface area contributed by atoms with Crippen LogP contribution in [0.3, 0.4) is 0 Å². The molecule has 1 aromatic heterocycles. The number of nitrogens with zero attached hydrogens (tertiary/aromatic N) is 2. The molecule has 3 N–H and O–H groups in total. The van der Waals surface area contributed by atoms with Crippen molar-refractivity contribution in [3.63, 3.8) is 0 Å². The van der Waals surface area contributed by atoms with Crippen molar-refractivity contribution in [2.45, 2.75) is 45.2 Å². The highest BCUT2D eigenvalue weighted by Crippen LogP contribution is 2.25. The van der Waals surface area contributed by atoms with Gasteiger partial charge in [0, 0.05) is 12.1 Å². The molecule has 1 aromatic rings. The Balaban J connectivity index is 2.16. The van der Waals surface area contributed by atoms with Crippen LogP contribution in [0.1, 0.15) is 33.1 Å². The van der Waals surface area contributed by atoms with Crippen LogP contribution < -0.4 is 11.2 Å².